The van der Waals surface area contributed by atoms with Crippen LogP contribution in [0.5, 0.6) is 0 Å². The van der Waals surface area contributed by atoms with E-state index in [9.17, 15) is 4.39 Å². The van der Waals surface area contributed by atoms with Crippen molar-refractivity contribution in [1.82, 2.24) is 9.97 Å². The van der Waals surface area contributed by atoms with Crippen LogP contribution in [-0.4, -0.2) is 22.2 Å². The molecule has 0 atom stereocenters. The van der Waals surface area contributed by atoms with Crippen molar-refractivity contribution in [3.05, 3.63) is 100 Å². The first-order chi connectivity index (χ1) is 14.1. The Kier molecular flexibility index (Phi) is 5.72. The topological polar surface area (TPSA) is 41.0 Å². The monoisotopic (exact) mass is 405 g/mol. The van der Waals surface area contributed by atoms with Gasteiger partial charge in [0.1, 0.15) is 5.82 Å². The van der Waals surface area contributed by atoms with E-state index in [1.165, 1.54) is 17.8 Å². The number of rotatable bonds is 6. The number of hydrogen-bond acceptors (Lipinski definition) is 2. The van der Waals surface area contributed by atoms with Crippen LogP contribution < -0.4 is 0 Å². The van der Waals surface area contributed by atoms with Gasteiger partial charge in [0.15, 0.2) is 0 Å². The van der Waals surface area contributed by atoms with Crippen LogP contribution in [-0.2, 0) is 12.8 Å². The molecule has 0 bridgehead atoms. The van der Waals surface area contributed by atoms with Gasteiger partial charge in [0.05, 0.1) is 6.20 Å². The molecule has 0 radical (unpaired) electrons. The molecule has 1 N–H and O–H groups in total. The van der Waals surface area contributed by atoms with Crippen molar-refractivity contribution >= 4 is 28.2 Å². The number of aromatic nitrogens is 2. The van der Waals surface area contributed by atoms with E-state index in [4.69, 9.17) is 16.6 Å². The van der Waals surface area contributed by atoms with Crippen LogP contribution in [0, 0.1) is 5.82 Å². The van der Waals surface area contributed by atoms with Crippen LogP contribution in [0.3, 0.4) is 0 Å². The first-order valence-corrected chi connectivity index (χ1v) is 9.91. The van der Waals surface area contributed by atoms with E-state index in [-0.39, 0.29) is 5.82 Å². The van der Waals surface area contributed by atoms with Crippen LogP contribution in [0.25, 0.3) is 10.9 Å². The number of H-pyrrole nitrogens is 1. The third kappa shape index (κ3) is 4.72. The quantitative estimate of drug-likeness (QED) is 0.393. The van der Waals surface area contributed by atoms with Crippen LogP contribution in [0.2, 0.25) is 5.02 Å². The molecule has 4 aromatic rings. The Morgan fingerprint density at radius 1 is 1.10 bits per heavy atom. The first-order valence-electron chi connectivity index (χ1n) is 9.54. The maximum Gasteiger partial charge on any atom is 0.141 e. The molecule has 2 aromatic carbocycles. The van der Waals surface area contributed by atoms with Gasteiger partial charge in [0.25, 0.3) is 0 Å². The maximum atomic E-state index is 13.4. The fourth-order valence-corrected chi connectivity index (χ4v) is 3.66. The lowest BCUT2D eigenvalue weighted by atomic mass is 10.0. The highest BCUT2D eigenvalue weighted by Gasteiger charge is 2.05. The Labute approximate surface area is 174 Å². The molecule has 0 aliphatic heterocycles. The minimum absolute atomic E-state index is 0.310. The van der Waals surface area contributed by atoms with Crippen molar-refractivity contribution in [2.75, 3.05) is 6.54 Å². The lowest BCUT2D eigenvalue weighted by molar-refractivity contribution is 0.619. The van der Waals surface area contributed by atoms with Crippen LogP contribution >= 0.6 is 11.6 Å². The molecule has 0 amide bonds. The Morgan fingerprint density at radius 2 is 2.00 bits per heavy atom. The largest absolute Gasteiger partial charge is 0.361 e. The predicted octanol–water partition coefficient (Wildman–Crippen LogP) is 6.00. The molecule has 2 aromatic heterocycles. The van der Waals surface area contributed by atoms with Gasteiger partial charge in [-0.3, -0.25) is 9.98 Å². The molecule has 0 aliphatic rings. The third-order valence-electron chi connectivity index (χ3n) is 4.97. The van der Waals surface area contributed by atoms with Crippen molar-refractivity contribution in [3.63, 3.8) is 0 Å². The number of fused-ring (bicyclic) bond motifs is 1. The Morgan fingerprint density at radius 3 is 2.86 bits per heavy atom. The van der Waals surface area contributed by atoms with Crippen LogP contribution in [0.4, 0.5) is 4.39 Å². The van der Waals surface area contributed by atoms with E-state index in [0.717, 1.165) is 44.7 Å². The van der Waals surface area contributed by atoms with Gasteiger partial charge in [0.2, 0.25) is 0 Å². The zero-order valence-corrected chi connectivity index (χ0v) is 16.9. The zero-order chi connectivity index (χ0) is 20.2. The normalized spacial score (nSPS) is 11.9. The zero-order valence-electron chi connectivity index (χ0n) is 16.1. The van der Waals surface area contributed by atoms with Gasteiger partial charge in [-0.2, -0.15) is 0 Å². The second-order valence-corrected chi connectivity index (χ2v) is 7.55. The van der Waals surface area contributed by atoms with Gasteiger partial charge in [-0.15, -0.1) is 0 Å². The Balaban J connectivity index is 1.45. The predicted molar refractivity (Wildman–Crippen MR) is 118 cm³/mol. The van der Waals surface area contributed by atoms with Gasteiger partial charge in [-0.05, 0) is 72.4 Å². The van der Waals surface area contributed by atoms with Crippen LogP contribution in [0.1, 0.15) is 29.2 Å². The first kappa shape index (κ1) is 19.3. The van der Waals surface area contributed by atoms with Crippen molar-refractivity contribution < 1.29 is 4.39 Å². The molecule has 0 unspecified atom stereocenters. The number of aliphatic imine (C=N–C) groups is 1. The molecule has 146 valence electrons. The molecular formula is C24H21ClFN3. The number of pyridine rings is 1. The standard InChI is InChI=1S/C24H21ClFN3/c1-16(28-8-7-20-14-29-24-6-5-21(25)12-23(20)24)19-4-2-3-17(10-19)9-18-11-22(26)15-27-13-18/h2-6,10-15,29H,7-9H2,1H3. The fourth-order valence-electron chi connectivity index (χ4n) is 3.49. The smallest absolute Gasteiger partial charge is 0.141 e. The summed E-state index contributed by atoms with van der Waals surface area (Å²) in [5, 5.41) is 1.89. The summed E-state index contributed by atoms with van der Waals surface area (Å²) in [6.07, 6.45) is 6.43. The van der Waals surface area contributed by atoms with Gasteiger partial charge >= 0.3 is 0 Å². The number of aromatic amines is 1. The minimum atomic E-state index is -0.310. The molecule has 0 fully saturated rings. The number of nitrogens with zero attached hydrogens (tertiary/aromatic N) is 2. The third-order valence-corrected chi connectivity index (χ3v) is 5.21. The number of benzene rings is 2. The molecule has 29 heavy (non-hydrogen) atoms. The Hall–Kier alpha value is -2.98. The number of halogens is 2. The Bertz CT molecular complexity index is 1180. The second-order valence-electron chi connectivity index (χ2n) is 7.11. The highest BCUT2D eigenvalue weighted by molar-refractivity contribution is 6.31. The van der Waals surface area contributed by atoms with E-state index >= 15 is 0 Å². The summed E-state index contributed by atoms with van der Waals surface area (Å²) in [6.45, 7) is 2.72. The molecule has 0 saturated heterocycles. The molecule has 4 rings (SSSR count). The molecule has 0 spiro atoms. The summed E-state index contributed by atoms with van der Waals surface area (Å²) in [7, 11) is 0. The van der Waals surface area contributed by atoms with Gasteiger partial charge in [-0.1, -0.05) is 29.8 Å². The van der Waals surface area contributed by atoms with E-state index in [2.05, 4.69) is 22.1 Å². The van der Waals surface area contributed by atoms with E-state index in [1.807, 2.05) is 43.5 Å². The second kappa shape index (κ2) is 8.58. The molecular weight excluding hydrogens is 385 g/mol. The molecule has 0 saturated carbocycles. The average molecular weight is 406 g/mol. The SMILES string of the molecule is CC(=NCCc1c[nH]c2ccc(Cl)cc12)c1cccc(Cc2cncc(F)c2)c1. The summed E-state index contributed by atoms with van der Waals surface area (Å²) in [4.78, 5) is 12.0. The van der Waals surface area contributed by atoms with E-state index in [0.29, 0.717) is 13.0 Å². The van der Waals surface area contributed by atoms with Crippen molar-refractivity contribution in [2.24, 2.45) is 4.99 Å². The van der Waals surface area contributed by atoms with Crippen molar-refractivity contribution in [3.8, 4) is 0 Å². The highest BCUT2D eigenvalue weighted by Crippen LogP contribution is 2.23. The number of hydrogen-bond donors (Lipinski definition) is 1. The number of nitrogens with one attached hydrogen (secondary N) is 1. The molecule has 2 heterocycles. The summed E-state index contributed by atoms with van der Waals surface area (Å²) < 4.78 is 13.4. The summed E-state index contributed by atoms with van der Waals surface area (Å²) >= 11 is 6.13. The van der Waals surface area contributed by atoms with E-state index in [1.54, 1.807) is 6.20 Å². The van der Waals surface area contributed by atoms with Gasteiger partial charge in [0, 0.05) is 40.6 Å². The summed E-state index contributed by atoms with van der Waals surface area (Å²) in [5.41, 5.74) is 6.33. The highest BCUT2D eigenvalue weighted by atomic mass is 35.5. The van der Waals surface area contributed by atoms with E-state index < -0.39 is 0 Å². The fraction of sp³-hybridized carbons (Fsp3) is 0.167. The maximum absolute atomic E-state index is 13.4. The summed E-state index contributed by atoms with van der Waals surface area (Å²) in [5.74, 6) is -0.310. The van der Waals surface area contributed by atoms with Crippen molar-refractivity contribution in [2.45, 2.75) is 19.8 Å². The van der Waals surface area contributed by atoms with Gasteiger partial charge < -0.3 is 4.98 Å². The van der Waals surface area contributed by atoms with Crippen LogP contribution in [0.15, 0.2) is 72.1 Å². The average Bonchev–Trinajstić information content (AvgIpc) is 3.10. The summed E-state index contributed by atoms with van der Waals surface area (Å²) in [6, 6.07) is 15.6. The minimum Gasteiger partial charge on any atom is -0.361 e. The molecule has 0 aliphatic carbocycles. The van der Waals surface area contributed by atoms with Gasteiger partial charge in [-0.25, -0.2) is 4.39 Å². The lowest BCUT2D eigenvalue weighted by Gasteiger charge is -2.06. The lowest BCUT2D eigenvalue weighted by Crippen LogP contribution is -2.00. The molecule has 3 nitrogen and oxygen atoms in total. The molecule has 5 heteroatoms. The van der Waals surface area contributed by atoms with Crippen molar-refractivity contribution in [1.29, 1.82) is 0 Å².